The van der Waals surface area contributed by atoms with Crippen molar-refractivity contribution in [2.24, 2.45) is 5.92 Å². The lowest BCUT2D eigenvalue weighted by Gasteiger charge is -2.22. The minimum Gasteiger partial charge on any atom is -0.327 e. The van der Waals surface area contributed by atoms with Crippen LogP contribution < -0.4 is 0 Å². The van der Waals surface area contributed by atoms with Crippen molar-refractivity contribution in [3.8, 4) is 0 Å². The Balaban J connectivity index is 1.98. The molecule has 1 aliphatic rings. The van der Waals surface area contributed by atoms with E-state index in [-0.39, 0.29) is 0 Å². The molecule has 0 amide bonds. The van der Waals surface area contributed by atoms with Crippen LogP contribution in [0, 0.1) is 12.8 Å². The second-order valence-corrected chi connectivity index (χ2v) is 6.76. The third-order valence-corrected chi connectivity index (χ3v) is 5.25. The fourth-order valence-corrected chi connectivity index (χ4v) is 4.24. The summed E-state index contributed by atoms with van der Waals surface area (Å²) >= 11 is 8.16. The van der Waals surface area contributed by atoms with E-state index in [9.17, 15) is 0 Å². The van der Waals surface area contributed by atoms with Gasteiger partial charge in [0.15, 0.2) is 0 Å². The molecule has 0 spiro atoms. The average molecular weight is 295 g/mol. The summed E-state index contributed by atoms with van der Waals surface area (Å²) in [6.45, 7) is 3.19. The van der Waals surface area contributed by atoms with Crippen LogP contribution in [-0.4, -0.2) is 21.1 Å². The van der Waals surface area contributed by atoms with E-state index in [2.05, 4.69) is 41.5 Å². The molecule has 1 aliphatic heterocycles. The van der Waals surface area contributed by atoms with Crippen molar-refractivity contribution in [3.05, 3.63) is 29.6 Å². The van der Waals surface area contributed by atoms with Gasteiger partial charge in [-0.25, -0.2) is 4.98 Å². The topological polar surface area (TPSA) is 17.8 Å². The quantitative estimate of drug-likeness (QED) is 0.789. The van der Waals surface area contributed by atoms with Crippen LogP contribution >= 0.6 is 23.4 Å². The minimum atomic E-state index is 0.496. The molecule has 1 aromatic carbocycles. The summed E-state index contributed by atoms with van der Waals surface area (Å²) in [6.07, 6.45) is 2.63. The lowest BCUT2D eigenvalue weighted by atomic mass is 10.0. The van der Waals surface area contributed by atoms with Crippen LogP contribution in [0.3, 0.4) is 0 Å². The SMILES string of the molecule is Cc1cccc2c1nc(CCl)n2CC1CCSCC1. The zero-order valence-corrected chi connectivity index (χ0v) is 12.8. The van der Waals surface area contributed by atoms with E-state index in [1.807, 2.05) is 0 Å². The van der Waals surface area contributed by atoms with Gasteiger partial charge >= 0.3 is 0 Å². The normalized spacial score (nSPS) is 17.2. The van der Waals surface area contributed by atoms with Crippen molar-refractivity contribution >= 4 is 34.4 Å². The van der Waals surface area contributed by atoms with Crippen LogP contribution in [0.15, 0.2) is 18.2 Å². The van der Waals surface area contributed by atoms with Crippen molar-refractivity contribution in [1.29, 1.82) is 0 Å². The van der Waals surface area contributed by atoms with E-state index in [0.29, 0.717) is 5.88 Å². The van der Waals surface area contributed by atoms with Crippen molar-refractivity contribution in [1.82, 2.24) is 9.55 Å². The Bertz CT molecular complexity index is 573. The molecular weight excluding hydrogens is 276 g/mol. The number of hydrogen-bond donors (Lipinski definition) is 0. The number of benzene rings is 1. The van der Waals surface area contributed by atoms with E-state index in [1.165, 1.54) is 35.4 Å². The van der Waals surface area contributed by atoms with Gasteiger partial charge in [0.05, 0.1) is 16.9 Å². The lowest BCUT2D eigenvalue weighted by Crippen LogP contribution is -2.17. The van der Waals surface area contributed by atoms with Crippen molar-refractivity contribution in [2.75, 3.05) is 11.5 Å². The van der Waals surface area contributed by atoms with Gasteiger partial charge in [-0.05, 0) is 48.8 Å². The molecule has 0 unspecified atom stereocenters. The first-order valence-electron chi connectivity index (χ1n) is 6.88. The molecule has 0 saturated carbocycles. The van der Waals surface area contributed by atoms with Crippen LogP contribution in [0.25, 0.3) is 11.0 Å². The van der Waals surface area contributed by atoms with Gasteiger partial charge in [-0.1, -0.05) is 12.1 Å². The highest BCUT2D eigenvalue weighted by Gasteiger charge is 2.18. The van der Waals surface area contributed by atoms with Crippen LogP contribution in [0.5, 0.6) is 0 Å². The van der Waals surface area contributed by atoms with Crippen molar-refractivity contribution < 1.29 is 0 Å². The number of imidazole rings is 1. The monoisotopic (exact) mass is 294 g/mol. The molecule has 0 bridgehead atoms. The summed E-state index contributed by atoms with van der Waals surface area (Å²) in [7, 11) is 0. The highest BCUT2D eigenvalue weighted by atomic mass is 35.5. The van der Waals surface area contributed by atoms with Gasteiger partial charge in [0, 0.05) is 6.54 Å². The maximum atomic E-state index is 6.09. The second-order valence-electron chi connectivity index (χ2n) is 5.27. The number of aryl methyl sites for hydroxylation is 1. The third-order valence-electron chi connectivity index (χ3n) is 3.96. The largest absolute Gasteiger partial charge is 0.327 e. The number of nitrogens with zero attached hydrogens (tertiary/aromatic N) is 2. The number of alkyl halides is 1. The third kappa shape index (κ3) is 2.63. The lowest BCUT2D eigenvalue weighted by molar-refractivity contribution is 0.417. The smallest absolute Gasteiger partial charge is 0.124 e. The molecule has 0 atom stereocenters. The van der Waals surface area contributed by atoms with Crippen LogP contribution in [-0.2, 0) is 12.4 Å². The Hall–Kier alpha value is -0.670. The van der Waals surface area contributed by atoms with E-state index in [0.717, 1.165) is 23.8 Å². The number of rotatable bonds is 3. The number of fused-ring (bicyclic) bond motifs is 1. The average Bonchev–Trinajstić information content (AvgIpc) is 2.80. The Kier molecular flexibility index (Phi) is 4.04. The maximum absolute atomic E-state index is 6.09. The van der Waals surface area contributed by atoms with Gasteiger partial charge in [-0.15, -0.1) is 11.6 Å². The Labute approximate surface area is 123 Å². The molecule has 2 aromatic rings. The summed E-state index contributed by atoms with van der Waals surface area (Å²) in [5.74, 6) is 4.89. The highest BCUT2D eigenvalue weighted by Crippen LogP contribution is 2.27. The Morgan fingerprint density at radius 2 is 2.16 bits per heavy atom. The van der Waals surface area contributed by atoms with Crippen LogP contribution in [0.2, 0.25) is 0 Å². The summed E-state index contributed by atoms with van der Waals surface area (Å²) < 4.78 is 2.34. The maximum Gasteiger partial charge on any atom is 0.124 e. The molecule has 0 radical (unpaired) electrons. The van der Waals surface area contributed by atoms with Crippen molar-refractivity contribution in [3.63, 3.8) is 0 Å². The van der Waals surface area contributed by atoms with Gasteiger partial charge in [0.2, 0.25) is 0 Å². The van der Waals surface area contributed by atoms with Gasteiger partial charge < -0.3 is 4.57 Å². The van der Waals surface area contributed by atoms with E-state index in [1.54, 1.807) is 0 Å². The molecule has 1 aromatic heterocycles. The summed E-state index contributed by atoms with van der Waals surface area (Å²) in [4.78, 5) is 4.72. The van der Waals surface area contributed by atoms with Gasteiger partial charge in [0.25, 0.3) is 0 Å². The van der Waals surface area contributed by atoms with Crippen LogP contribution in [0.4, 0.5) is 0 Å². The predicted molar refractivity (Wildman–Crippen MR) is 84.1 cm³/mol. The molecule has 19 heavy (non-hydrogen) atoms. The summed E-state index contributed by atoms with van der Waals surface area (Å²) in [5.41, 5.74) is 3.60. The number of hydrogen-bond acceptors (Lipinski definition) is 2. The minimum absolute atomic E-state index is 0.496. The second kappa shape index (κ2) is 5.76. The number of thioether (sulfide) groups is 1. The molecule has 0 aliphatic carbocycles. The first kappa shape index (κ1) is 13.3. The zero-order chi connectivity index (χ0) is 13.2. The number of halogens is 1. The molecule has 2 heterocycles. The first-order valence-corrected chi connectivity index (χ1v) is 8.57. The standard InChI is InChI=1S/C15H19ClN2S/c1-11-3-2-4-13-15(11)17-14(9-16)18(13)10-12-5-7-19-8-6-12/h2-4,12H,5-10H2,1H3. The van der Waals surface area contributed by atoms with Crippen LogP contribution in [0.1, 0.15) is 24.2 Å². The fourth-order valence-electron chi connectivity index (χ4n) is 2.83. The molecule has 4 heteroatoms. The van der Waals surface area contributed by atoms with Crippen molar-refractivity contribution in [2.45, 2.75) is 32.2 Å². The number of aromatic nitrogens is 2. The van der Waals surface area contributed by atoms with E-state index < -0.39 is 0 Å². The molecule has 1 saturated heterocycles. The number of para-hydroxylation sites is 1. The van der Waals surface area contributed by atoms with Gasteiger partial charge in [0.1, 0.15) is 5.82 Å². The molecule has 102 valence electrons. The fraction of sp³-hybridized carbons (Fsp3) is 0.533. The predicted octanol–water partition coefficient (Wildman–Crippen LogP) is 4.23. The van der Waals surface area contributed by atoms with E-state index in [4.69, 9.17) is 16.6 Å². The first-order chi connectivity index (χ1) is 9.29. The van der Waals surface area contributed by atoms with Gasteiger partial charge in [-0.3, -0.25) is 0 Å². The Morgan fingerprint density at radius 1 is 1.37 bits per heavy atom. The van der Waals surface area contributed by atoms with Gasteiger partial charge in [-0.2, -0.15) is 11.8 Å². The van der Waals surface area contributed by atoms with E-state index >= 15 is 0 Å². The Morgan fingerprint density at radius 3 is 2.89 bits per heavy atom. The summed E-state index contributed by atoms with van der Waals surface area (Å²) in [6, 6.07) is 6.41. The molecule has 1 fully saturated rings. The molecular formula is C15H19ClN2S. The molecule has 2 nitrogen and oxygen atoms in total. The molecule has 0 N–H and O–H groups in total. The highest BCUT2D eigenvalue weighted by molar-refractivity contribution is 7.99. The molecule has 3 rings (SSSR count). The zero-order valence-electron chi connectivity index (χ0n) is 11.2. The summed E-state index contributed by atoms with van der Waals surface area (Å²) in [5, 5.41) is 0.